The number of aromatic nitrogens is 6. The molecule has 0 aliphatic rings. The first-order chi connectivity index (χ1) is 17.5. The van der Waals surface area contributed by atoms with Crippen molar-refractivity contribution in [2.45, 2.75) is 16.7 Å². The van der Waals surface area contributed by atoms with Crippen molar-refractivity contribution in [2.24, 2.45) is 7.05 Å². The highest BCUT2D eigenvalue weighted by Crippen LogP contribution is 2.37. The Morgan fingerprint density at radius 3 is 2.72 bits per heavy atom. The summed E-state index contributed by atoms with van der Waals surface area (Å²) in [6.45, 7) is -3.04. The number of benzene rings is 1. The maximum Gasteiger partial charge on any atom is 0.387 e. The Hall–Kier alpha value is -4.32. The summed E-state index contributed by atoms with van der Waals surface area (Å²) in [6.07, 6.45) is 9.63. The van der Waals surface area contributed by atoms with Crippen molar-refractivity contribution in [3.8, 4) is 16.9 Å². The summed E-state index contributed by atoms with van der Waals surface area (Å²) >= 11 is 1.33. The SMILES string of the molecule is CN/C=C(\C=N)c1cnc2ccc(Sc3nnc4ccc(-c5cnn(C)c5)cn34)cc2c1OC(F)F. The van der Waals surface area contributed by atoms with E-state index in [1.54, 1.807) is 30.1 Å². The molecule has 182 valence electrons. The van der Waals surface area contributed by atoms with Crippen LogP contribution in [0.2, 0.25) is 0 Å². The Morgan fingerprint density at radius 1 is 1.14 bits per heavy atom. The van der Waals surface area contributed by atoms with Gasteiger partial charge in [-0.3, -0.25) is 14.1 Å². The van der Waals surface area contributed by atoms with Crippen LogP contribution in [0.3, 0.4) is 0 Å². The van der Waals surface area contributed by atoms with E-state index in [1.165, 1.54) is 24.2 Å². The van der Waals surface area contributed by atoms with Crippen molar-refractivity contribution in [1.29, 1.82) is 5.41 Å². The number of aryl methyl sites for hydroxylation is 1. The van der Waals surface area contributed by atoms with Gasteiger partial charge in [0.05, 0.1) is 11.7 Å². The summed E-state index contributed by atoms with van der Waals surface area (Å²) in [5.74, 6) is -0.0487. The van der Waals surface area contributed by atoms with Crippen molar-refractivity contribution < 1.29 is 13.5 Å². The fraction of sp³-hybridized carbons (Fsp3) is 0.125. The van der Waals surface area contributed by atoms with E-state index >= 15 is 0 Å². The Labute approximate surface area is 208 Å². The molecule has 0 aliphatic heterocycles. The second-order valence-corrected chi connectivity index (χ2v) is 8.77. The van der Waals surface area contributed by atoms with Gasteiger partial charge in [-0.2, -0.15) is 13.9 Å². The summed E-state index contributed by atoms with van der Waals surface area (Å²) < 4.78 is 35.3. The van der Waals surface area contributed by atoms with E-state index in [0.717, 1.165) is 22.2 Å². The molecule has 0 saturated heterocycles. The lowest BCUT2D eigenvalue weighted by atomic mass is 10.1. The minimum absolute atomic E-state index is 0.0487. The van der Waals surface area contributed by atoms with Crippen LogP contribution in [0.1, 0.15) is 5.56 Å². The summed E-state index contributed by atoms with van der Waals surface area (Å²) in [5.41, 5.74) is 3.70. The second-order valence-electron chi connectivity index (χ2n) is 7.72. The van der Waals surface area contributed by atoms with Crippen LogP contribution in [0.25, 0.3) is 33.3 Å². The van der Waals surface area contributed by atoms with Crippen molar-refractivity contribution in [3.63, 3.8) is 0 Å². The number of fused-ring (bicyclic) bond motifs is 2. The zero-order valence-electron chi connectivity index (χ0n) is 19.2. The molecule has 4 aromatic heterocycles. The molecular weight excluding hydrogens is 486 g/mol. The number of ether oxygens (including phenoxy) is 1. The molecule has 9 nitrogen and oxygen atoms in total. The third-order valence-electron chi connectivity index (χ3n) is 5.38. The van der Waals surface area contributed by atoms with Crippen LogP contribution in [0, 0.1) is 5.41 Å². The molecule has 12 heteroatoms. The Morgan fingerprint density at radius 2 is 2.00 bits per heavy atom. The van der Waals surface area contributed by atoms with Gasteiger partial charge in [-0.05, 0) is 42.1 Å². The van der Waals surface area contributed by atoms with Gasteiger partial charge in [0.2, 0.25) is 0 Å². The Balaban J connectivity index is 1.58. The lowest BCUT2D eigenvalue weighted by Crippen LogP contribution is -2.07. The van der Waals surface area contributed by atoms with Crippen molar-refractivity contribution >= 4 is 40.1 Å². The van der Waals surface area contributed by atoms with Crippen LogP contribution >= 0.6 is 11.8 Å². The smallest absolute Gasteiger partial charge is 0.387 e. The first-order valence-corrected chi connectivity index (χ1v) is 11.6. The molecule has 0 atom stereocenters. The van der Waals surface area contributed by atoms with Crippen molar-refractivity contribution in [3.05, 3.63) is 66.9 Å². The van der Waals surface area contributed by atoms with E-state index in [2.05, 4.69) is 25.6 Å². The van der Waals surface area contributed by atoms with E-state index in [-0.39, 0.29) is 11.3 Å². The van der Waals surface area contributed by atoms with Crippen LogP contribution in [0.15, 0.2) is 71.4 Å². The number of halogens is 2. The maximum atomic E-state index is 13.4. The average molecular weight is 507 g/mol. The number of nitrogens with zero attached hydrogens (tertiary/aromatic N) is 6. The number of pyridine rings is 2. The molecule has 4 heterocycles. The number of hydrogen-bond donors (Lipinski definition) is 2. The Bertz CT molecular complexity index is 1610. The molecule has 2 N–H and O–H groups in total. The summed E-state index contributed by atoms with van der Waals surface area (Å²) in [5, 5.41) is 24.3. The van der Waals surface area contributed by atoms with Crippen molar-refractivity contribution in [2.75, 3.05) is 7.05 Å². The van der Waals surface area contributed by atoms with E-state index in [4.69, 9.17) is 10.1 Å². The molecule has 0 saturated carbocycles. The quantitative estimate of drug-likeness (QED) is 0.295. The fourth-order valence-corrected chi connectivity index (χ4v) is 4.62. The molecule has 0 radical (unpaired) electrons. The highest BCUT2D eigenvalue weighted by molar-refractivity contribution is 7.99. The van der Waals surface area contributed by atoms with Gasteiger partial charge in [0.25, 0.3) is 0 Å². The van der Waals surface area contributed by atoms with Gasteiger partial charge in [-0.1, -0.05) is 0 Å². The number of alkyl halides is 2. The Kier molecular flexibility index (Phi) is 6.34. The molecule has 0 spiro atoms. The zero-order valence-corrected chi connectivity index (χ0v) is 20.0. The van der Waals surface area contributed by atoms with E-state index in [1.807, 2.05) is 42.0 Å². The van der Waals surface area contributed by atoms with Gasteiger partial charge in [0, 0.05) is 77.6 Å². The number of rotatable bonds is 8. The van der Waals surface area contributed by atoms with Crippen LogP contribution in [0.4, 0.5) is 8.78 Å². The van der Waals surface area contributed by atoms with Gasteiger partial charge in [-0.25, -0.2) is 0 Å². The van der Waals surface area contributed by atoms with Crippen molar-refractivity contribution in [1.82, 2.24) is 34.7 Å². The minimum Gasteiger partial charge on any atom is -0.433 e. The molecule has 0 amide bonds. The lowest BCUT2D eigenvalue weighted by Gasteiger charge is -2.14. The molecule has 5 aromatic rings. The standard InChI is InChI=1S/C24H20F2N8OS/c1-28-9-15(8-27)19-11-29-20-5-4-17(7-18(20)22(19)35-23(25)26)36-24-32-31-21-6-3-14(13-34(21)24)16-10-30-33(2)12-16/h3-13,23,27-28H,1-2H3/b15-9+,27-8?. The van der Waals surface area contributed by atoms with E-state index in [0.29, 0.717) is 27.3 Å². The van der Waals surface area contributed by atoms with E-state index in [9.17, 15) is 8.78 Å². The second kappa shape index (κ2) is 9.74. The molecule has 36 heavy (non-hydrogen) atoms. The normalized spacial score (nSPS) is 12.0. The van der Waals surface area contributed by atoms with Crippen LogP contribution < -0.4 is 10.1 Å². The molecule has 1 aromatic carbocycles. The monoisotopic (exact) mass is 506 g/mol. The zero-order chi connectivity index (χ0) is 25.2. The third-order valence-corrected chi connectivity index (χ3v) is 6.33. The highest BCUT2D eigenvalue weighted by atomic mass is 32.2. The van der Waals surface area contributed by atoms with Gasteiger partial charge in [0.15, 0.2) is 10.8 Å². The number of allylic oxidation sites excluding steroid dienone is 1. The molecule has 0 bridgehead atoms. The molecule has 0 unspecified atom stereocenters. The predicted molar refractivity (Wildman–Crippen MR) is 134 cm³/mol. The van der Waals surface area contributed by atoms with Crippen LogP contribution in [-0.2, 0) is 7.05 Å². The summed E-state index contributed by atoms with van der Waals surface area (Å²) in [7, 11) is 3.51. The third kappa shape index (κ3) is 4.50. The molecule has 5 rings (SSSR count). The van der Waals surface area contributed by atoms with Gasteiger partial charge in [-0.15, -0.1) is 10.2 Å². The van der Waals surface area contributed by atoms with Crippen LogP contribution in [-0.4, -0.2) is 49.2 Å². The van der Waals surface area contributed by atoms with Crippen LogP contribution in [0.5, 0.6) is 5.75 Å². The lowest BCUT2D eigenvalue weighted by molar-refractivity contribution is -0.0489. The summed E-state index contributed by atoms with van der Waals surface area (Å²) in [6, 6.07) is 9.11. The number of nitrogens with one attached hydrogen (secondary N) is 2. The maximum absolute atomic E-state index is 13.4. The fourth-order valence-electron chi connectivity index (χ4n) is 3.77. The first kappa shape index (κ1) is 23.4. The molecular formula is C24H20F2N8OS. The largest absolute Gasteiger partial charge is 0.433 e. The average Bonchev–Trinajstić information content (AvgIpc) is 3.48. The van der Waals surface area contributed by atoms with Gasteiger partial charge >= 0.3 is 6.61 Å². The first-order valence-electron chi connectivity index (χ1n) is 10.7. The predicted octanol–water partition coefficient (Wildman–Crippen LogP) is 4.64. The molecule has 0 fully saturated rings. The summed E-state index contributed by atoms with van der Waals surface area (Å²) in [4.78, 5) is 5.12. The van der Waals surface area contributed by atoms with E-state index < -0.39 is 6.61 Å². The van der Waals surface area contributed by atoms with Gasteiger partial charge < -0.3 is 15.5 Å². The minimum atomic E-state index is -3.04. The number of hydrogen-bond acceptors (Lipinski definition) is 8. The molecule has 0 aliphatic carbocycles. The highest BCUT2D eigenvalue weighted by Gasteiger charge is 2.18. The van der Waals surface area contributed by atoms with Gasteiger partial charge in [0.1, 0.15) is 5.75 Å². The topological polar surface area (TPSA) is 106 Å².